The van der Waals surface area contributed by atoms with E-state index in [1.54, 1.807) is 35.8 Å². The van der Waals surface area contributed by atoms with Crippen molar-refractivity contribution >= 4 is 33.0 Å². The lowest BCUT2D eigenvalue weighted by molar-refractivity contribution is -0.134. The van der Waals surface area contributed by atoms with Gasteiger partial charge in [-0.05, 0) is 29.8 Å². The summed E-state index contributed by atoms with van der Waals surface area (Å²) in [5, 5.41) is 15.3. The summed E-state index contributed by atoms with van der Waals surface area (Å²) in [5.74, 6) is -0.792. The van der Waals surface area contributed by atoms with Gasteiger partial charge in [0.05, 0.1) is 16.9 Å². The van der Waals surface area contributed by atoms with E-state index in [0.29, 0.717) is 0 Å². The second kappa shape index (κ2) is 10.5. The predicted octanol–water partition coefficient (Wildman–Crippen LogP) is 3.36. The fourth-order valence-electron chi connectivity index (χ4n) is 3.23. The van der Waals surface area contributed by atoms with E-state index in [0.717, 1.165) is 16.8 Å². The number of hydrogen-bond acceptors (Lipinski definition) is 9. The van der Waals surface area contributed by atoms with Crippen LogP contribution < -0.4 is 10.6 Å². The van der Waals surface area contributed by atoms with Crippen LogP contribution in [-0.2, 0) is 21.2 Å². The first kappa shape index (κ1) is 23.5. The molecule has 0 fully saturated rings. The van der Waals surface area contributed by atoms with Gasteiger partial charge in [-0.3, -0.25) is 10.1 Å². The Labute approximate surface area is 200 Å². The Kier molecular flexibility index (Phi) is 7.26. The fraction of sp³-hybridized carbons (Fsp3) is 0.130. The zero-order valence-electron chi connectivity index (χ0n) is 17.8. The normalized spacial score (nSPS) is 12.2. The molecular weight excluding hydrogens is 474 g/mol. The maximum atomic E-state index is 13.5. The highest BCUT2D eigenvalue weighted by molar-refractivity contribution is 7.91. The van der Waals surface area contributed by atoms with E-state index in [2.05, 4.69) is 25.6 Å². The van der Waals surface area contributed by atoms with Crippen molar-refractivity contribution in [2.45, 2.75) is 16.9 Å². The standard InChI is InChI=1S/C23H21N5O4S2/c29-22(30)13-25-20-5-3-4-18(28-20)23(34(31,32)21-6-1-2-11-24-21)26-12-16-7-9-17(10-8-16)19-14-33-15-27-19/h1-11,14-15,23,26H,12-13H2,(H,25,28)(H,29,30). The maximum absolute atomic E-state index is 13.5. The summed E-state index contributed by atoms with van der Waals surface area (Å²) in [7, 11) is -3.95. The van der Waals surface area contributed by atoms with Crippen molar-refractivity contribution < 1.29 is 18.3 Å². The molecule has 11 heteroatoms. The van der Waals surface area contributed by atoms with Crippen molar-refractivity contribution in [3.8, 4) is 11.3 Å². The van der Waals surface area contributed by atoms with Crippen molar-refractivity contribution in [1.29, 1.82) is 0 Å². The summed E-state index contributed by atoms with van der Waals surface area (Å²) < 4.78 is 26.9. The first-order valence-electron chi connectivity index (χ1n) is 10.2. The summed E-state index contributed by atoms with van der Waals surface area (Å²) in [4.78, 5) is 23.5. The number of benzene rings is 1. The molecular formula is C23H21N5O4S2. The van der Waals surface area contributed by atoms with Crippen LogP contribution in [-0.4, -0.2) is 41.0 Å². The van der Waals surface area contributed by atoms with E-state index in [1.165, 1.54) is 23.6 Å². The number of thiazole rings is 1. The molecule has 0 saturated heterocycles. The van der Waals surface area contributed by atoms with Crippen molar-refractivity contribution in [3.63, 3.8) is 0 Å². The number of rotatable bonds is 10. The number of pyridine rings is 2. The van der Waals surface area contributed by atoms with Crippen LogP contribution in [0.2, 0.25) is 0 Å². The lowest BCUT2D eigenvalue weighted by atomic mass is 10.1. The third-order valence-corrected chi connectivity index (χ3v) is 7.31. The minimum Gasteiger partial charge on any atom is -0.480 e. The molecule has 4 rings (SSSR count). The van der Waals surface area contributed by atoms with Crippen LogP contribution in [0.3, 0.4) is 0 Å². The molecule has 0 spiro atoms. The van der Waals surface area contributed by atoms with Crippen LogP contribution in [0.1, 0.15) is 16.6 Å². The Morgan fingerprint density at radius 2 is 1.85 bits per heavy atom. The molecule has 1 unspecified atom stereocenters. The Balaban J connectivity index is 1.61. The number of carboxylic acids is 1. The largest absolute Gasteiger partial charge is 0.480 e. The van der Waals surface area contributed by atoms with E-state index < -0.39 is 21.2 Å². The molecule has 1 atom stereocenters. The molecule has 3 N–H and O–H groups in total. The number of sulfone groups is 1. The van der Waals surface area contributed by atoms with Crippen LogP contribution >= 0.6 is 11.3 Å². The van der Waals surface area contributed by atoms with Gasteiger partial charge in [-0.25, -0.2) is 23.4 Å². The SMILES string of the molecule is O=C(O)CNc1cccc(C(NCc2ccc(-c3cscn3)cc2)S(=O)(=O)c2ccccn2)n1. The number of carbonyl (C=O) groups is 1. The van der Waals surface area contributed by atoms with Crippen molar-refractivity contribution in [2.24, 2.45) is 0 Å². The lowest BCUT2D eigenvalue weighted by Gasteiger charge is -2.19. The zero-order valence-corrected chi connectivity index (χ0v) is 19.5. The first-order valence-corrected chi connectivity index (χ1v) is 12.7. The van der Waals surface area contributed by atoms with Gasteiger partial charge in [0.15, 0.2) is 10.4 Å². The van der Waals surface area contributed by atoms with Gasteiger partial charge in [0.25, 0.3) is 0 Å². The Hall–Kier alpha value is -3.67. The molecule has 0 saturated carbocycles. The molecule has 0 amide bonds. The number of hydrogen-bond donors (Lipinski definition) is 3. The monoisotopic (exact) mass is 495 g/mol. The van der Waals surface area contributed by atoms with Gasteiger partial charge in [0.1, 0.15) is 12.4 Å². The molecule has 1 aromatic carbocycles. The maximum Gasteiger partial charge on any atom is 0.322 e. The van der Waals surface area contributed by atoms with Gasteiger partial charge in [-0.2, -0.15) is 0 Å². The van der Waals surface area contributed by atoms with Gasteiger partial charge in [0, 0.05) is 23.7 Å². The van der Waals surface area contributed by atoms with E-state index in [9.17, 15) is 13.2 Å². The molecule has 3 heterocycles. The van der Waals surface area contributed by atoms with Crippen molar-refractivity contribution in [3.05, 3.63) is 89.0 Å². The molecule has 3 aromatic heterocycles. The van der Waals surface area contributed by atoms with E-state index in [1.807, 2.05) is 29.6 Å². The minimum atomic E-state index is -3.95. The molecule has 0 radical (unpaired) electrons. The lowest BCUT2D eigenvalue weighted by Crippen LogP contribution is -2.30. The average molecular weight is 496 g/mol. The highest BCUT2D eigenvalue weighted by Crippen LogP contribution is 2.26. The molecule has 9 nitrogen and oxygen atoms in total. The Morgan fingerprint density at radius 3 is 2.53 bits per heavy atom. The second-order valence-corrected chi connectivity index (χ2v) is 9.94. The topological polar surface area (TPSA) is 134 Å². The molecule has 34 heavy (non-hydrogen) atoms. The molecule has 4 aromatic rings. The Bertz CT molecular complexity index is 1350. The minimum absolute atomic E-state index is 0.0860. The number of carboxylic acid groups (broad SMARTS) is 1. The number of nitrogens with one attached hydrogen (secondary N) is 2. The van der Waals surface area contributed by atoms with Gasteiger partial charge in [-0.15, -0.1) is 11.3 Å². The zero-order chi connectivity index (χ0) is 24.0. The van der Waals surface area contributed by atoms with Crippen molar-refractivity contribution in [2.75, 3.05) is 11.9 Å². The summed E-state index contributed by atoms with van der Waals surface area (Å²) >= 11 is 1.52. The number of nitrogens with zero attached hydrogens (tertiary/aromatic N) is 3. The molecule has 0 aliphatic rings. The van der Waals surface area contributed by atoms with Crippen LogP contribution in [0, 0.1) is 0 Å². The summed E-state index contributed by atoms with van der Waals surface area (Å²) in [6, 6.07) is 17.1. The summed E-state index contributed by atoms with van der Waals surface area (Å²) in [6.45, 7) is -0.0879. The smallest absolute Gasteiger partial charge is 0.322 e. The highest BCUT2D eigenvalue weighted by atomic mass is 32.2. The van der Waals surface area contributed by atoms with Gasteiger partial charge < -0.3 is 10.4 Å². The predicted molar refractivity (Wildman–Crippen MR) is 129 cm³/mol. The molecule has 174 valence electrons. The van der Waals surface area contributed by atoms with Crippen molar-refractivity contribution in [1.82, 2.24) is 20.3 Å². The number of aromatic nitrogens is 3. The van der Waals surface area contributed by atoms with E-state index in [4.69, 9.17) is 5.11 Å². The molecule has 0 aliphatic carbocycles. The third-order valence-electron chi connectivity index (χ3n) is 4.87. The number of aliphatic carboxylic acids is 1. The van der Waals surface area contributed by atoms with E-state index in [-0.39, 0.29) is 29.6 Å². The van der Waals surface area contributed by atoms with Gasteiger partial charge >= 0.3 is 5.97 Å². The van der Waals surface area contributed by atoms with Gasteiger partial charge in [0.2, 0.25) is 9.84 Å². The molecule has 0 aliphatic heterocycles. The summed E-state index contributed by atoms with van der Waals surface area (Å²) in [5.41, 5.74) is 4.72. The number of anilines is 1. The van der Waals surface area contributed by atoms with Gasteiger partial charge in [-0.1, -0.05) is 36.4 Å². The first-order chi connectivity index (χ1) is 16.4. The summed E-state index contributed by atoms with van der Waals surface area (Å²) in [6.07, 6.45) is 1.42. The average Bonchev–Trinajstić information content (AvgIpc) is 3.39. The van der Waals surface area contributed by atoms with Crippen LogP contribution in [0.15, 0.2) is 82.8 Å². The molecule has 0 bridgehead atoms. The van der Waals surface area contributed by atoms with Crippen LogP contribution in [0.5, 0.6) is 0 Å². The third kappa shape index (κ3) is 5.63. The van der Waals surface area contributed by atoms with Crippen LogP contribution in [0.4, 0.5) is 5.82 Å². The quantitative estimate of drug-likeness (QED) is 0.303. The highest BCUT2D eigenvalue weighted by Gasteiger charge is 2.31. The fourth-order valence-corrected chi connectivity index (χ4v) is 5.26. The second-order valence-electron chi connectivity index (χ2n) is 7.24. The Morgan fingerprint density at radius 1 is 1.03 bits per heavy atom. The van der Waals surface area contributed by atoms with E-state index >= 15 is 0 Å². The van der Waals surface area contributed by atoms with Crippen LogP contribution in [0.25, 0.3) is 11.3 Å².